The van der Waals surface area contributed by atoms with Crippen LogP contribution >= 0.6 is 0 Å². The van der Waals surface area contributed by atoms with Gasteiger partial charge in [0.1, 0.15) is 18.3 Å². The molecule has 0 unspecified atom stereocenters. The number of hydrogen-bond donors (Lipinski definition) is 1. The molecule has 3 aromatic rings. The second-order valence-electron chi connectivity index (χ2n) is 10.5. The summed E-state index contributed by atoms with van der Waals surface area (Å²) in [5, 5.41) is 14.5. The van der Waals surface area contributed by atoms with Gasteiger partial charge in [-0.25, -0.2) is 8.42 Å². The zero-order valence-electron chi connectivity index (χ0n) is 25.2. The molecule has 2 amide bonds. The monoisotopic (exact) mass is 610 g/mol. The molecule has 12 heteroatoms. The van der Waals surface area contributed by atoms with Crippen molar-refractivity contribution >= 4 is 33.2 Å². The predicted molar refractivity (Wildman–Crippen MR) is 164 cm³/mol. The van der Waals surface area contributed by atoms with E-state index in [9.17, 15) is 28.1 Å². The smallest absolute Gasteiger partial charge is 0.273 e. The number of carbonyl (C=O) groups is 2. The van der Waals surface area contributed by atoms with E-state index in [0.29, 0.717) is 11.3 Å². The van der Waals surface area contributed by atoms with E-state index >= 15 is 0 Å². The number of nitrogens with one attached hydrogen (secondary N) is 1. The lowest BCUT2D eigenvalue weighted by molar-refractivity contribution is -0.385. The van der Waals surface area contributed by atoms with Crippen molar-refractivity contribution in [1.82, 2.24) is 10.2 Å². The van der Waals surface area contributed by atoms with Gasteiger partial charge in [0.15, 0.2) is 0 Å². The maximum atomic E-state index is 14.2. The molecule has 0 radical (unpaired) electrons. The zero-order valence-corrected chi connectivity index (χ0v) is 26.1. The molecule has 0 aliphatic carbocycles. The minimum atomic E-state index is -4.49. The minimum Gasteiger partial charge on any atom is -0.497 e. The summed E-state index contributed by atoms with van der Waals surface area (Å²) in [5.41, 5.74) is 1.79. The molecule has 1 N–H and O–H groups in total. The van der Waals surface area contributed by atoms with Gasteiger partial charge in [-0.1, -0.05) is 37.3 Å². The molecule has 0 bridgehead atoms. The molecule has 0 aliphatic heterocycles. The number of nitro groups is 1. The summed E-state index contributed by atoms with van der Waals surface area (Å²) in [7, 11) is -3.02. The Morgan fingerprint density at radius 1 is 1.00 bits per heavy atom. The van der Waals surface area contributed by atoms with Crippen molar-refractivity contribution in [3.8, 4) is 5.75 Å². The van der Waals surface area contributed by atoms with Gasteiger partial charge in [0.2, 0.25) is 11.8 Å². The standard InChI is InChI=1S/C31H38N4O7S/c1-7-28(31(37)32-21(2)3)33(19-24-11-9-8-10-22(24)4)30(36)20-34(25-13-15-26(42-6)16-14-25)43(40,41)27-17-12-23(5)29(18-27)35(38)39/h8-18,21,28H,7,19-20H2,1-6H3,(H,32,37)/t28-/m1/s1. The normalized spacial score (nSPS) is 12.0. The molecule has 0 saturated heterocycles. The van der Waals surface area contributed by atoms with Gasteiger partial charge in [0, 0.05) is 24.2 Å². The molecular weight excluding hydrogens is 572 g/mol. The number of hydrogen-bond acceptors (Lipinski definition) is 7. The fourth-order valence-corrected chi connectivity index (χ4v) is 6.06. The van der Waals surface area contributed by atoms with Crippen LogP contribution in [-0.2, 0) is 26.2 Å². The number of nitro benzene ring substituents is 1. The lowest BCUT2D eigenvalue weighted by Gasteiger charge is -2.34. The highest BCUT2D eigenvalue weighted by atomic mass is 32.2. The molecule has 11 nitrogen and oxygen atoms in total. The van der Waals surface area contributed by atoms with Gasteiger partial charge in [-0.3, -0.25) is 24.0 Å². The molecule has 3 aromatic carbocycles. The molecule has 43 heavy (non-hydrogen) atoms. The third-order valence-electron chi connectivity index (χ3n) is 7.02. The highest BCUT2D eigenvalue weighted by Gasteiger charge is 2.34. The number of benzene rings is 3. The van der Waals surface area contributed by atoms with Crippen molar-refractivity contribution in [3.05, 3.63) is 93.5 Å². The van der Waals surface area contributed by atoms with E-state index in [4.69, 9.17) is 4.74 Å². The number of ether oxygens (including phenoxy) is 1. The summed E-state index contributed by atoms with van der Waals surface area (Å²) < 4.78 is 34.3. The molecule has 3 rings (SSSR count). The predicted octanol–water partition coefficient (Wildman–Crippen LogP) is 4.75. The lowest BCUT2D eigenvalue weighted by Crippen LogP contribution is -2.53. The van der Waals surface area contributed by atoms with E-state index in [2.05, 4.69) is 5.32 Å². The number of methoxy groups -OCH3 is 1. The van der Waals surface area contributed by atoms with E-state index in [-0.39, 0.29) is 41.2 Å². The Morgan fingerprint density at radius 2 is 1.65 bits per heavy atom. The molecule has 0 aliphatic rings. The van der Waals surface area contributed by atoms with Crippen LogP contribution in [0.4, 0.5) is 11.4 Å². The second kappa shape index (κ2) is 14.1. The average Bonchev–Trinajstić information content (AvgIpc) is 2.96. The molecule has 230 valence electrons. The van der Waals surface area contributed by atoms with Crippen LogP contribution in [0.5, 0.6) is 5.75 Å². The molecule has 0 heterocycles. The Kier molecular flexibility index (Phi) is 10.9. The number of anilines is 1. The topological polar surface area (TPSA) is 139 Å². The number of sulfonamides is 1. The van der Waals surface area contributed by atoms with Gasteiger partial charge in [0.05, 0.1) is 22.6 Å². The van der Waals surface area contributed by atoms with Gasteiger partial charge >= 0.3 is 0 Å². The summed E-state index contributed by atoms with van der Waals surface area (Å²) >= 11 is 0. The van der Waals surface area contributed by atoms with Crippen LogP contribution in [0, 0.1) is 24.0 Å². The van der Waals surface area contributed by atoms with Crippen molar-refractivity contribution < 1.29 is 27.7 Å². The number of rotatable bonds is 13. The van der Waals surface area contributed by atoms with E-state index in [0.717, 1.165) is 21.5 Å². The van der Waals surface area contributed by atoms with Crippen LogP contribution in [0.25, 0.3) is 0 Å². The number of amides is 2. The van der Waals surface area contributed by atoms with E-state index in [1.807, 2.05) is 45.0 Å². The van der Waals surface area contributed by atoms with Crippen molar-refractivity contribution in [3.63, 3.8) is 0 Å². The SMILES string of the molecule is CC[C@H](C(=O)NC(C)C)N(Cc1ccccc1C)C(=O)CN(c1ccc(OC)cc1)S(=O)(=O)c1ccc(C)c([N+](=O)[O-])c1. The van der Waals surface area contributed by atoms with Gasteiger partial charge in [-0.05, 0) is 75.6 Å². The number of aryl methyl sites for hydroxylation is 2. The first-order chi connectivity index (χ1) is 20.3. The number of nitrogens with zero attached hydrogens (tertiary/aromatic N) is 3. The third kappa shape index (κ3) is 7.89. The summed E-state index contributed by atoms with van der Waals surface area (Å²) in [6.45, 7) is 8.23. The van der Waals surface area contributed by atoms with Gasteiger partial charge in [-0.15, -0.1) is 0 Å². The van der Waals surface area contributed by atoms with Gasteiger partial charge in [-0.2, -0.15) is 0 Å². The molecule has 0 fully saturated rings. The van der Waals surface area contributed by atoms with E-state index in [1.165, 1.54) is 43.2 Å². The molecule has 0 saturated carbocycles. The molecular formula is C31H38N4O7S. The van der Waals surface area contributed by atoms with Crippen LogP contribution < -0.4 is 14.4 Å². The fourth-order valence-electron chi connectivity index (χ4n) is 4.62. The maximum Gasteiger partial charge on any atom is 0.273 e. The first kappa shape index (κ1) is 33.1. The van der Waals surface area contributed by atoms with Crippen molar-refractivity contribution in [2.75, 3.05) is 18.0 Å². The molecule has 0 spiro atoms. The average molecular weight is 611 g/mol. The molecule has 0 aromatic heterocycles. The van der Waals surface area contributed by atoms with E-state index < -0.39 is 33.4 Å². The Morgan fingerprint density at radius 3 is 2.21 bits per heavy atom. The highest BCUT2D eigenvalue weighted by molar-refractivity contribution is 7.92. The fraction of sp³-hybridized carbons (Fsp3) is 0.355. The summed E-state index contributed by atoms with van der Waals surface area (Å²) in [6.07, 6.45) is 0.287. The summed E-state index contributed by atoms with van der Waals surface area (Å²) in [5.74, 6) is -0.501. The Hall–Kier alpha value is -4.45. The highest BCUT2D eigenvalue weighted by Crippen LogP contribution is 2.29. The van der Waals surface area contributed by atoms with Crippen LogP contribution in [0.3, 0.4) is 0 Å². The van der Waals surface area contributed by atoms with Crippen molar-refractivity contribution in [2.24, 2.45) is 0 Å². The Balaban J connectivity index is 2.13. The van der Waals surface area contributed by atoms with Crippen LogP contribution in [0.2, 0.25) is 0 Å². The van der Waals surface area contributed by atoms with Gasteiger partial charge < -0.3 is 15.0 Å². The molecule has 1 atom stereocenters. The first-order valence-corrected chi connectivity index (χ1v) is 15.3. The summed E-state index contributed by atoms with van der Waals surface area (Å²) in [6, 6.07) is 16.1. The largest absolute Gasteiger partial charge is 0.497 e. The van der Waals surface area contributed by atoms with E-state index in [1.54, 1.807) is 19.1 Å². The lowest BCUT2D eigenvalue weighted by atomic mass is 10.1. The maximum absolute atomic E-state index is 14.2. The first-order valence-electron chi connectivity index (χ1n) is 13.9. The van der Waals surface area contributed by atoms with Crippen LogP contribution in [0.1, 0.15) is 43.9 Å². The number of carbonyl (C=O) groups excluding carboxylic acids is 2. The third-order valence-corrected chi connectivity index (χ3v) is 8.79. The minimum absolute atomic E-state index is 0.0715. The van der Waals surface area contributed by atoms with Crippen LogP contribution in [0.15, 0.2) is 71.6 Å². The quantitative estimate of drug-likeness (QED) is 0.218. The zero-order chi connectivity index (χ0) is 31.9. The Labute approximate surface area is 252 Å². The van der Waals surface area contributed by atoms with Crippen LogP contribution in [-0.4, -0.2) is 55.8 Å². The Bertz CT molecular complexity index is 1570. The summed E-state index contributed by atoms with van der Waals surface area (Å²) in [4.78, 5) is 39.4. The van der Waals surface area contributed by atoms with Gasteiger partial charge in [0.25, 0.3) is 15.7 Å². The van der Waals surface area contributed by atoms with Crippen molar-refractivity contribution in [1.29, 1.82) is 0 Å². The second-order valence-corrected chi connectivity index (χ2v) is 12.3. The van der Waals surface area contributed by atoms with Crippen molar-refractivity contribution in [2.45, 2.75) is 64.6 Å².